The Morgan fingerprint density at radius 3 is 3.00 bits per heavy atom. The first-order valence-electron chi connectivity index (χ1n) is 4.15. The van der Waals surface area contributed by atoms with Crippen LogP contribution < -0.4 is 0 Å². The van der Waals surface area contributed by atoms with Crippen molar-refractivity contribution in [1.29, 1.82) is 0 Å². The van der Waals surface area contributed by atoms with Gasteiger partial charge in [-0.15, -0.1) is 0 Å². The van der Waals surface area contributed by atoms with E-state index in [4.69, 9.17) is 4.42 Å². The lowest BCUT2D eigenvalue weighted by atomic mass is 10.1. The van der Waals surface area contributed by atoms with E-state index in [9.17, 15) is 0 Å². The van der Waals surface area contributed by atoms with Crippen LogP contribution in [0.25, 0.3) is 11.1 Å². The molecule has 0 bridgehead atoms. The van der Waals surface area contributed by atoms with Crippen LogP contribution in [0.1, 0.15) is 18.4 Å². The van der Waals surface area contributed by atoms with E-state index in [1.54, 1.807) is 0 Å². The molecule has 1 aromatic carbocycles. The van der Waals surface area contributed by atoms with Gasteiger partial charge in [0.1, 0.15) is 5.52 Å². The lowest BCUT2D eigenvalue weighted by Crippen LogP contribution is -1.77. The van der Waals surface area contributed by atoms with Gasteiger partial charge in [0.05, 0.1) is 0 Å². The molecule has 0 atom stereocenters. The van der Waals surface area contributed by atoms with Crippen molar-refractivity contribution in [3.63, 3.8) is 0 Å². The van der Waals surface area contributed by atoms with E-state index in [1.165, 1.54) is 5.56 Å². The molecular formula is C10H11NO. The maximum absolute atomic E-state index is 5.40. The molecule has 1 heterocycles. The lowest BCUT2D eigenvalue weighted by molar-refractivity contribution is 0.561. The number of aryl methyl sites for hydroxylation is 2. The Morgan fingerprint density at radius 1 is 1.42 bits per heavy atom. The third kappa shape index (κ3) is 1.09. The molecule has 0 spiro atoms. The monoisotopic (exact) mass is 161 g/mol. The maximum atomic E-state index is 5.40. The van der Waals surface area contributed by atoms with E-state index in [0.717, 1.165) is 23.4 Å². The summed E-state index contributed by atoms with van der Waals surface area (Å²) < 4.78 is 5.40. The van der Waals surface area contributed by atoms with Crippen molar-refractivity contribution in [2.75, 3.05) is 0 Å². The highest BCUT2D eigenvalue weighted by molar-refractivity contribution is 5.73. The summed E-state index contributed by atoms with van der Waals surface area (Å²) in [6.07, 6.45) is 1.04. The van der Waals surface area contributed by atoms with Gasteiger partial charge in [-0.05, 0) is 24.1 Å². The highest BCUT2D eigenvalue weighted by atomic mass is 16.3. The minimum Gasteiger partial charge on any atom is -0.441 e. The summed E-state index contributed by atoms with van der Waals surface area (Å²) >= 11 is 0. The van der Waals surface area contributed by atoms with Crippen LogP contribution in [0.3, 0.4) is 0 Å². The van der Waals surface area contributed by atoms with Crippen LogP contribution in [0.15, 0.2) is 22.6 Å². The molecule has 0 aliphatic heterocycles. The van der Waals surface area contributed by atoms with Crippen LogP contribution >= 0.6 is 0 Å². The van der Waals surface area contributed by atoms with Gasteiger partial charge in [-0.2, -0.15) is 0 Å². The summed E-state index contributed by atoms with van der Waals surface area (Å²) in [7, 11) is 0. The summed E-state index contributed by atoms with van der Waals surface area (Å²) in [5.41, 5.74) is 3.13. The zero-order valence-corrected chi connectivity index (χ0v) is 7.29. The molecule has 0 amide bonds. The van der Waals surface area contributed by atoms with Crippen molar-refractivity contribution >= 4 is 11.1 Å². The predicted molar refractivity (Wildman–Crippen MR) is 48.1 cm³/mol. The second-order valence-electron chi connectivity index (χ2n) is 2.89. The van der Waals surface area contributed by atoms with E-state index in [-0.39, 0.29) is 0 Å². The molecule has 0 aliphatic carbocycles. The fourth-order valence-electron chi connectivity index (χ4n) is 1.30. The van der Waals surface area contributed by atoms with Gasteiger partial charge in [-0.25, -0.2) is 4.98 Å². The molecule has 12 heavy (non-hydrogen) atoms. The highest BCUT2D eigenvalue weighted by Crippen LogP contribution is 2.16. The Bertz CT molecular complexity index is 403. The molecule has 0 saturated carbocycles. The molecule has 0 saturated heterocycles. The number of hydrogen-bond acceptors (Lipinski definition) is 2. The molecule has 0 fully saturated rings. The second-order valence-corrected chi connectivity index (χ2v) is 2.89. The summed E-state index contributed by atoms with van der Waals surface area (Å²) in [6, 6.07) is 6.14. The van der Waals surface area contributed by atoms with Crippen molar-refractivity contribution < 1.29 is 4.42 Å². The van der Waals surface area contributed by atoms with E-state index >= 15 is 0 Å². The topological polar surface area (TPSA) is 26.0 Å². The molecule has 2 aromatic rings. The van der Waals surface area contributed by atoms with Crippen molar-refractivity contribution in [3.05, 3.63) is 29.7 Å². The average molecular weight is 161 g/mol. The van der Waals surface area contributed by atoms with Gasteiger partial charge >= 0.3 is 0 Å². The van der Waals surface area contributed by atoms with Gasteiger partial charge in [-0.3, -0.25) is 0 Å². The fraction of sp³-hybridized carbons (Fsp3) is 0.300. The maximum Gasteiger partial charge on any atom is 0.192 e. The van der Waals surface area contributed by atoms with Crippen LogP contribution in [0, 0.1) is 6.92 Å². The average Bonchev–Trinajstić information content (AvgIpc) is 2.43. The Balaban J connectivity index is 2.66. The van der Waals surface area contributed by atoms with E-state index in [0.29, 0.717) is 0 Å². The largest absolute Gasteiger partial charge is 0.441 e. The quantitative estimate of drug-likeness (QED) is 0.642. The number of fused-ring (bicyclic) bond motifs is 1. The molecular weight excluding hydrogens is 150 g/mol. The Hall–Kier alpha value is -1.31. The Morgan fingerprint density at radius 2 is 2.25 bits per heavy atom. The van der Waals surface area contributed by atoms with Crippen LogP contribution in [0.5, 0.6) is 0 Å². The van der Waals surface area contributed by atoms with Crippen molar-refractivity contribution in [1.82, 2.24) is 4.98 Å². The minimum atomic E-state index is 0.734. The number of benzene rings is 1. The SMILES string of the molecule is CCc1ccc2nc(C)oc2c1. The van der Waals surface area contributed by atoms with Gasteiger partial charge < -0.3 is 4.42 Å². The van der Waals surface area contributed by atoms with Crippen LogP contribution in [0.4, 0.5) is 0 Å². The number of aromatic nitrogens is 1. The molecule has 2 heteroatoms. The number of rotatable bonds is 1. The van der Waals surface area contributed by atoms with Gasteiger partial charge in [-0.1, -0.05) is 13.0 Å². The highest BCUT2D eigenvalue weighted by Gasteiger charge is 2.01. The first-order valence-corrected chi connectivity index (χ1v) is 4.15. The number of nitrogens with zero attached hydrogens (tertiary/aromatic N) is 1. The molecule has 0 unspecified atom stereocenters. The first-order chi connectivity index (χ1) is 5.79. The molecule has 62 valence electrons. The number of hydrogen-bond donors (Lipinski definition) is 0. The summed E-state index contributed by atoms with van der Waals surface area (Å²) in [4.78, 5) is 4.22. The summed E-state index contributed by atoms with van der Waals surface area (Å²) in [5.74, 6) is 0.734. The van der Waals surface area contributed by atoms with E-state index in [2.05, 4.69) is 24.0 Å². The zero-order valence-electron chi connectivity index (χ0n) is 7.29. The third-order valence-electron chi connectivity index (χ3n) is 1.97. The Kier molecular flexibility index (Phi) is 1.61. The van der Waals surface area contributed by atoms with E-state index < -0.39 is 0 Å². The molecule has 2 rings (SSSR count). The second kappa shape index (κ2) is 2.63. The standard InChI is InChI=1S/C10H11NO/c1-3-8-4-5-9-10(6-8)12-7(2)11-9/h4-6H,3H2,1-2H3. The van der Waals surface area contributed by atoms with Crippen LogP contribution in [0.2, 0.25) is 0 Å². The summed E-state index contributed by atoms with van der Waals surface area (Å²) in [6.45, 7) is 4.00. The Labute approximate surface area is 71.2 Å². The third-order valence-corrected chi connectivity index (χ3v) is 1.97. The smallest absolute Gasteiger partial charge is 0.192 e. The van der Waals surface area contributed by atoms with Gasteiger partial charge in [0, 0.05) is 6.92 Å². The van der Waals surface area contributed by atoms with Gasteiger partial charge in [0.2, 0.25) is 0 Å². The van der Waals surface area contributed by atoms with Gasteiger partial charge in [0.15, 0.2) is 11.5 Å². The van der Waals surface area contributed by atoms with Crippen molar-refractivity contribution in [2.45, 2.75) is 20.3 Å². The molecule has 2 nitrogen and oxygen atoms in total. The minimum absolute atomic E-state index is 0.734. The molecule has 0 N–H and O–H groups in total. The molecule has 0 aliphatic rings. The van der Waals surface area contributed by atoms with Crippen LogP contribution in [-0.2, 0) is 6.42 Å². The molecule has 0 radical (unpaired) electrons. The predicted octanol–water partition coefficient (Wildman–Crippen LogP) is 2.70. The first kappa shape index (κ1) is 7.35. The lowest BCUT2D eigenvalue weighted by Gasteiger charge is -1.92. The van der Waals surface area contributed by atoms with Gasteiger partial charge in [0.25, 0.3) is 0 Å². The van der Waals surface area contributed by atoms with Crippen LogP contribution in [-0.4, -0.2) is 4.98 Å². The van der Waals surface area contributed by atoms with Crippen molar-refractivity contribution in [2.24, 2.45) is 0 Å². The summed E-state index contributed by atoms with van der Waals surface area (Å²) in [5, 5.41) is 0. The molecule has 1 aromatic heterocycles. The normalized spacial score (nSPS) is 10.8. The zero-order chi connectivity index (χ0) is 8.55. The fourth-order valence-corrected chi connectivity index (χ4v) is 1.30. The number of oxazole rings is 1. The van der Waals surface area contributed by atoms with E-state index in [1.807, 2.05) is 13.0 Å². The van der Waals surface area contributed by atoms with Crippen molar-refractivity contribution in [3.8, 4) is 0 Å².